The lowest BCUT2D eigenvalue weighted by Gasteiger charge is -2.20. The zero-order valence-corrected chi connectivity index (χ0v) is 26.0. The van der Waals surface area contributed by atoms with E-state index in [0.29, 0.717) is 62.3 Å². The predicted octanol–water partition coefficient (Wildman–Crippen LogP) is 9.17. The van der Waals surface area contributed by atoms with Crippen LogP contribution in [0.1, 0.15) is 12.8 Å². The zero-order valence-electron chi connectivity index (χ0n) is 26.0. The third-order valence-corrected chi connectivity index (χ3v) is 7.72. The van der Waals surface area contributed by atoms with Gasteiger partial charge in [-0.25, -0.2) is 0 Å². The Morgan fingerprint density at radius 1 is 0.458 bits per heavy atom. The number of nitro groups is 2. The molecule has 0 heterocycles. The molecule has 242 valence electrons. The predicted molar refractivity (Wildman–Crippen MR) is 184 cm³/mol. The Bertz CT molecular complexity index is 1930. The molecule has 6 aromatic carbocycles. The van der Waals surface area contributed by atoms with Gasteiger partial charge in [-0.1, -0.05) is 72.8 Å². The lowest BCUT2D eigenvalue weighted by Crippen LogP contribution is -2.07. The monoisotopic (exact) mass is 644 g/mol. The molecular weight excluding hydrogens is 612 g/mol. The summed E-state index contributed by atoms with van der Waals surface area (Å²) in [5, 5.41) is 26.3. The molecule has 6 aromatic rings. The van der Waals surface area contributed by atoms with E-state index in [0.717, 1.165) is 32.7 Å². The van der Waals surface area contributed by atoms with Crippen LogP contribution in [0.2, 0.25) is 0 Å². The van der Waals surface area contributed by atoms with Crippen LogP contribution in [0.3, 0.4) is 0 Å². The number of nitro benzene ring substituents is 2. The average Bonchev–Trinajstić information content (AvgIpc) is 3.11. The van der Waals surface area contributed by atoms with E-state index < -0.39 is 9.85 Å². The maximum absolute atomic E-state index is 11.1. The van der Waals surface area contributed by atoms with Crippen LogP contribution in [-0.4, -0.2) is 36.3 Å². The quantitative estimate of drug-likeness (QED) is 0.0616. The molecular formula is C38H32N2O8. The molecule has 10 nitrogen and oxygen atoms in total. The number of hydrogen-bond acceptors (Lipinski definition) is 8. The van der Waals surface area contributed by atoms with Crippen molar-refractivity contribution in [2.75, 3.05) is 26.4 Å². The van der Waals surface area contributed by atoms with Crippen molar-refractivity contribution in [2.45, 2.75) is 12.8 Å². The van der Waals surface area contributed by atoms with Crippen LogP contribution < -0.4 is 18.9 Å². The van der Waals surface area contributed by atoms with Gasteiger partial charge in [-0.15, -0.1) is 0 Å². The third-order valence-electron chi connectivity index (χ3n) is 7.72. The van der Waals surface area contributed by atoms with Crippen molar-refractivity contribution in [3.8, 4) is 34.1 Å². The number of non-ortho nitro benzene ring substituents is 2. The molecule has 0 saturated heterocycles. The molecule has 0 aliphatic rings. The molecule has 0 saturated carbocycles. The van der Waals surface area contributed by atoms with Crippen molar-refractivity contribution in [1.29, 1.82) is 0 Å². The van der Waals surface area contributed by atoms with Gasteiger partial charge >= 0.3 is 0 Å². The fourth-order valence-electron chi connectivity index (χ4n) is 5.50. The lowest BCUT2D eigenvalue weighted by atomic mass is 9.92. The molecule has 48 heavy (non-hydrogen) atoms. The second kappa shape index (κ2) is 15.0. The number of rotatable bonds is 15. The van der Waals surface area contributed by atoms with Gasteiger partial charge in [0.25, 0.3) is 11.4 Å². The summed E-state index contributed by atoms with van der Waals surface area (Å²) in [4.78, 5) is 21.3. The van der Waals surface area contributed by atoms with E-state index in [1.807, 2.05) is 48.5 Å². The number of fused-ring (bicyclic) bond motifs is 2. The largest absolute Gasteiger partial charge is 0.493 e. The molecule has 0 unspecified atom stereocenters. The highest BCUT2D eigenvalue weighted by atomic mass is 16.6. The van der Waals surface area contributed by atoms with Crippen molar-refractivity contribution in [1.82, 2.24) is 0 Å². The zero-order chi connectivity index (χ0) is 33.3. The fraction of sp³-hybridized carbons (Fsp3) is 0.158. The van der Waals surface area contributed by atoms with E-state index in [4.69, 9.17) is 18.9 Å². The summed E-state index contributed by atoms with van der Waals surface area (Å²) in [6.45, 7) is 1.36. The van der Waals surface area contributed by atoms with Gasteiger partial charge in [0, 0.05) is 36.1 Å². The van der Waals surface area contributed by atoms with Crippen LogP contribution in [0.5, 0.6) is 23.0 Å². The Balaban J connectivity index is 1.22. The third kappa shape index (κ3) is 7.45. The minimum Gasteiger partial charge on any atom is -0.493 e. The summed E-state index contributed by atoms with van der Waals surface area (Å²) >= 11 is 0. The van der Waals surface area contributed by atoms with Gasteiger partial charge in [-0.05, 0) is 45.8 Å². The molecule has 0 spiro atoms. The lowest BCUT2D eigenvalue weighted by molar-refractivity contribution is -0.385. The summed E-state index contributed by atoms with van der Waals surface area (Å²) < 4.78 is 24.3. The average molecular weight is 645 g/mol. The Morgan fingerprint density at radius 3 is 1.31 bits per heavy atom. The summed E-state index contributed by atoms with van der Waals surface area (Å²) in [5.41, 5.74) is 1.78. The number of benzene rings is 6. The van der Waals surface area contributed by atoms with Crippen LogP contribution in [0, 0.1) is 20.2 Å². The van der Waals surface area contributed by atoms with E-state index in [9.17, 15) is 20.2 Å². The van der Waals surface area contributed by atoms with Crippen molar-refractivity contribution in [3.05, 3.63) is 142 Å². The van der Waals surface area contributed by atoms with Crippen LogP contribution in [0.25, 0.3) is 32.7 Å². The molecule has 0 aromatic heterocycles. The number of ether oxygens (including phenoxy) is 4. The van der Waals surface area contributed by atoms with Crippen LogP contribution in [0.4, 0.5) is 11.4 Å². The van der Waals surface area contributed by atoms with Crippen LogP contribution in [0.15, 0.2) is 121 Å². The minimum atomic E-state index is -0.448. The van der Waals surface area contributed by atoms with E-state index in [-0.39, 0.29) is 11.4 Å². The summed E-state index contributed by atoms with van der Waals surface area (Å²) in [5.74, 6) is 2.26. The maximum atomic E-state index is 11.1. The first-order valence-electron chi connectivity index (χ1n) is 15.5. The minimum absolute atomic E-state index is 0.0207. The first-order valence-corrected chi connectivity index (χ1v) is 15.5. The normalized spacial score (nSPS) is 10.9. The Kier molecular flexibility index (Phi) is 9.91. The van der Waals surface area contributed by atoms with E-state index in [1.54, 1.807) is 24.3 Å². The molecule has 0 fully saturated rings. The molecule has 0 radical (unpaired) electrons. The van der Waals surface area contributed by atoms with Gasteiger partial charge in [-0.3, -0.25) is 20.2 Å². The molecule has 0 aliphatic heterocycles. The van der Waals surface area contributed by atoms with Crippen molar-refractivity contribution in [3.63, 3.8) is 0 Å². The van der Waals surface area contributed by atoms with Crippen molar-refractivity contribution < 1.29 is 28.8 Å². The van der Waals surface area contributed by atoms with E-state index in [1.165, 1.54) is 24.3 Å². The number of hydrogen-bond donors (Lipinski definition) is 0. The van der Waals surface area contributed by atoms with Crippen LogP contribution in [-0.2, 0) is 0 Å². The van der Waals surface area contributed by atoms with Gasteiger partial charge in [0.1, 0.15) is 23.0 Å². The summed E-state index contributed by atoms with van der Waals surface area (Å²) in [7, 11) is 0. The highest BCUT2D eigenvalue weighted by Crippen LogP contribution is 2.45. The molecule has 10 heteroatoms. The van der Waals surface area contributed by atoms with E-state index in [2.05, 4.69) is 24.3 Å². The molecule has 0 N–H and O–H groups in total. The van der Waals surface area contributed by atoms with Crippen molar-refractivity contribution >= 4 is 32.9 Å². The Labute approximate surface area is 276 Å². The first-order chi connectivity index (χ1) is 23.5. The molecule has 0 bridgehead atoms. The first kappa shape index (κ1) is 31.8. The number of nitrogens with zero attached hydrogens (tertiary/aromatic N) is 2. The maximum Gasteiger partial charge on any atom is 0.273 e. The van der Waals surface area contributed by atoms with Crippen LogP contribution >= 0.6 is 0 Å². The molecule has 0 amide bonds. The summed E-state index contributed by atoms with van der Waals surface area (Å²) in [6, 6.07) is 36.5. The second-order valence-corrected chi connectivity index (χ2v) is 10.9. The molecule has 0 atom stereocenters. The highest BCUT2D eigenvalue weighted by molar-refractivity contribution is 6.09. The Morgan fingerprint density at radius 2 is 0.875 bits per heavy atom. The van der Waals surface area contributed by atoms with Gasteiger partial charge in [0.05, 0.1) is 48.4 Å². The fourth-order valence-corrected chi connectivity index (χ4v) is 5.50. The standard InChI is InChI=1S/C38H32N2O8/c41-39(42)29-11-5-13-31(25-29)45-21-7-23-47-35-19-17-27-9-1-3-15-33(27)37(35)38-34-16-4-2-10-28(34)18-20-36(38)48-24-8-22-46-32-14-6-12-30(26-32)40(43)44/h1-6,9-20,25-26H,7-8,21-24H2. The van der Waals surface area contributed by atoms with Crippen molar-refractivity contribution in [2.24, 2.45) is 0 Å². The van der Waals surface area contributed by atoms with Gasteiger partial charge in [0.2, 0.25) is 0 Å². The smallest absolute Gasteiger partial charge is 0.273 e. The molecule has 6 rings (SSSR count). The SMILES string of the molecule is O=[N+]([O-])c1cccc(OCCCOc2ccc3ccccc3c2-c2c(OCCCOc3cccc([N+](=O)[O-])c3)ccc3ccccc23)c1. The van der Waals surface area contributed by atoms with E-state index >= 15 is 0 Å². The second-order valence-electron chi connectivity index (χ2n) is 10.9. The molecule has 0 aliphatic carbocycles. The summed E-state index contributed by atoms with van der Waals surface area (Å²) in [6.07, 6.45) is 1.11. The van der Waals surface area contributed by atoms with Gasteiger partial charge < -0.3 is 18.9 Å². The van der Waals surface area contributed by atoms with Gasteiger partial charge in [-0.2, -0.15) is 0 Å². The topological polar surface area (TPSA) is 123 Å². The van der Waals surface area contributed by atoms with Gasteiger partial charge in [0.15, 0.2) is 0 Å². The highest BCUT2D eigenvalue weighted by Gasteiger charge is 2.19. The Hall–Kier alpha value is -6.16.